The maximum atomic E-state index is 13.7. The summed E-state index contributed by atoms with van der Waals surface area (Å²) in [7, 11) is 1.73. The molecule has 0 saturated carbocycles. The highest BCUT2D eigenvalue weighted by Gasteiger charge is 2.10. The predicted octanol–water partition coefficient (Wildman–Crippen LogP) is 3.19. The first kappa shape index (κ1) is 12.5. The molecule has 0 saturated heterocycles. The molecule has 94 valence electrons. The smallest absolute Gasteiger partial charge is 0.149 e. The van der Waals surface area contributed by atoms with Crippen LogP contribution in [0.3, 0.4) is 0 Å². The third-order valence-electron chi connectivity index (χ3n) is 2.80. The van der Waals surface area contributed by atoms with Crippen molar-refractivity contribution >= 4 is 11.4 Å². The first-order valence-corrected chi connectivity index (χ1v) is 5.59. The fourth-order valence-electron chi connectivity index (χ4n) is 1.78. The van der Waals surface area contributed by atoms with Crippen LogP contribution in [0.25, 0.3) is 0 Å². The van der Waals surface area contributed by atoms with E-state index >= 15 is 0 Å². The summed E-state index contributed by atoms with van der Waals surface area (Å²) >= 11 is 0. The molecule has 2 aromatic rings. The molecule has 0 aliphatic heterocycles. The van der Waals surface area contributed by atoms with Crippen molar-refractivity contribution in [3.63, 3.8) is 0 Å². The van der Waals surface area contributed by atoms with Crippen LogP contribution in [0.15, 0.2) is 42.5 Å². The van der Waals surface area contributed by atoms with Crippen LogP contribution in [-0.4, -0.2) is 7.05 Å². The number of benzene rings is 2. The van der Waals surface area contributed by atoms with Crippen molar-refractivity contribution in [2.45, 2.75) is 6.54 Å². The molecular weight excluding hydrogens is 234 g/mol. The van der Waals surface area contributed by atoms with Gasteiger partial charge in [-0.1, -0.05) is 12.1 Å². The van der Waals surface area contributed by atoms with Gasteiger partial charge in [0.05, 0.1) is 5.69 Å². The van der Waals surface area contributed by atoms with E-state index in [4.69, 9.17) is 5.73 Å². The molecule has 0 aromatic heterocycles. The third-order valence-corrected chi connectivity index (χ3v) is 2.80. The lowest BCUT2D eigenvalue weighted by molar-refractivity contribution is 0.583. The van der Waals surface area contributed by atoms with Crippen LogP contribution in [-0.2, 0) is 6.54 Å². The number of anilines is 2. The Labute approximate surface area is 105 Å². The number of nitrogens with two attached hydrogens (primary N) is 1. The van der Waals surface area contributed by atoms with Crippen LogP contribution in [0.1, 0.15) is 5.56 Å². The predicted molar refractivity (Wildman–Crippen MR) is 68.8 cm³/mol. The molecule has 18 heavy (non-hydrogen) atoms. The topological polar surface area (TPSA) is 29.3 Å². The average Bonchev–Trinajstić information content (AvgIpc) is 2.38. The SMILES string of the molecule is CN(c1cccc(CN)c1)c1ccc(F)cc1F. The molecule has 2 aromatic carbocycles. The second kappa shape index (κ2) is 5.14. The Bertz CT molecular complexity index is 555. The molecule has 2 N–H and O–H groups in total. The Hall–Kier alpha value is -1.94. The maximum Gasteiger partial charge on any atom is 0.149 e. The van der Waals surface area contributed by atoms with E-state index in [1.165, 1.54) is 12.1 Å². The molecule has 2 nitrogen and oxygen atoms in total. The van der Waals surface area contributed by atoms with Gasteiger partial charge in [0.2, 0.25) is 0 Å². The highest BCUT2D eigenvalue weighted by atomic mass is 19.1. The summed E-state index contributed by atoms with van der Waals surface area (Å²) in [6.07, 6.45) is 0. The zero-order valence-electron chi connectivity index (χ0n) is 10.0. The Morgan fingerprint density at radius 3 is 2.56 bits per heavy atom. The van der Waals surface area contributed by atoms with Crippen LogP contribution in [0.5, 0.6) is 0 Å². The van der Waals surface area contributed by atoms with Crippen molar-refractivity contribution < 1.29 is 8.78 Å². The van der Waals surface area contributed by atoms with Crippen molar-refractivity contribution in [3.05, 3.63) is 59.7 Å². The molecule has 0 atom stereocenters. The molecule has 4 heteroatoms. The molecule has 2 rings (SSSR count). The van der Waals surface area contributed by atoms with E-state index in [-0.39, 0.29) is 0 Å². The second-order valence-corrected chi connectivity index (χ2v) is 4.03. The van der Waals surface area contributed by atoms with Crippen LogP contribution in [0.2, 0.25) is 0 Å². The summed E-state index contributed by atoms with van der Waals surface area (Å²) in [5.41, 5.74) is 7.66. The minimum Gasteiger partial charge on any atom is -0.342 e. The number of halogens is 2. The van der Waals surface area contributed by atoms with Crippen molar-refractivity contribution in [2.75, 3.05) is 11.9 Å². The summed E-state index contributed by atoms with van der Waals surface area (Å²) in [4.78, 5) is 1.66. The summed E-state index contributed by atoms with van der Waals surface area (Å²) in [6.45, 7) is 0.424. The van der Waals surface area contributed by atoms with E-state index in [1.807, 2.05) is 24.3 Å². The summed E-state index contributed by atoms with van der Waals surface area (Å²) in [5.74, 6) is -1.17. The van der Waals surface area contributed by atoms with E-state index < -0.39 is 11.6 Å². The van der Waals surface area contributed by atoms with Gasteiger partial charge < -0.3 is 10.6 Å². The largest absolute Gasteiger partial charge is 0.342 e. The summed E-state index contributed by atoms with van der Waals surface area (Å²) in [6, 6.07) is 11.0. The lowest BCUT2D eigenvalue weighted by atomic mass is 10.1. The van der Waals surface area contributed by atoms with Crippen molar-refractivity contribution in [2.24, 2.45) is 5.73 Å². The molecule has 0 fully saturated rings. The van der Waals surface area contributed by atoms with Gasteiger partial charge in [0, 0.05) is 25.3 Å². The lowest BCUT2D eigenvalue weighted by Gasteiger charge is -2.20. The van der Waals surface area contributed by atoms with Crippen LogP contribution >= 0.6 is 0 Å². The van der Waals surface area contributed by atoms with E-state index in [0.29, 0.717) is 12.2 Å². The highest BCUT2D eigenvalue weighted by molar-refractivity contribution is 5.63. The van der Waals surface area contributed by atoms with Gasteiger partial charge in [-0.25, -0.2) is 8.78 Å². The van der Waals surface area contributed by atoms with Gasteiger partial charge in [0.25, 0.3) is 0 Å². The minimum atomic E-state index is -0.587. The number of rotatable bonds is 3. The van der Waals surface area contributed by atoms with E-state index in [1.54, 1.807) is 11.9 Å². The molecule has 0 bridgehead atoms. The molecule has 0 aliphatic rings. The number of hydrogen-bond acceptors (Lipinski definition) is 2. The van der Waals surface area contributed by atoms with Crippen molar-refractivity contribution in [1.82, 2.24) is 0 Å². The lowest BCUT2D eigenvalue weighted by Crippen LogP contribution is -2.12. The van der Waals surface area contributed by atoms with Gasteiger partial charge in [-0.05, 0) is 29.8 Å². The van der Waals surface area contributed by atoms with Gasteiger partial charge in [0.15, 0.2) is 0 Å². The molecule has 0 unspecified atom stereocenters. The van der Waals surface area contributed by atoms with Crippen LogP contribution in [0.4, 0.5) is 20.2 Å². The van der Waals surface area contributed by atoms with Crippen LogP contribution in [0, 0.1) is 11.6 Å². The van der Waals surface area contributed by atoms with Crippen molar-refractivity contribution in [1.29, 1.82) is 0 Å². The third kappa shape index (κ3) is 2.49. The fraction of sp³-hybridized carbons (Fsp3) is 0.143. The number of nitrogens with zero attached hydrogens (tertiary/aromatic N) is 1. The molecule has 0 amide bonds. The van der Waals surface area contributed by atoms with Gasteiger partial charge in [-0.2, -0.15) is 0 Å². The Morgan fingerprint density at radius 2 is 1.89 bits per heavy atom. The minimum absolute atomic E-state index is 0.325. The van der Waals surface area contributed by atoms with Crippen molar-refractivity contribution in [3.8, 4) is 0 Å². The van der Waals surface area contributed by atoms with Gasteiger partial charge in [0.1, 0.15) is 11.6 Å². The van der Waals surface area contributed by atoms with Gasteiger partial charge in [-0.15, -0.1) is 0 Å². The van der Waals surface area contributed by atoms with E-state index in [0.717, 1.165) is 17.3 Å². The zero-order chi connectivity index (χ0) is 13.1. The molecule has 0 radical (unpaired) electrons. The zero-order valence-corrected chi connectivity index (χ0v) is 10.0. The fourth-order valence-corrected chi connectivity index (χ4v) is 1.78. The molecular formula is C14H14F2N2. The standard InChI is InChI=1S/C14H14F2N2/c1-18(12-4-2-3-10(7-12)9-17)14-6-5-11(15)8-13(14)16/h2-8H,9,17H2,1H3. The Balaban J connectivity index is 2.37. The first-order chi connectivity index (χ1) is 8.61. The molecule has 0 heterocycles. The number of hydrogen-bond donors (Lipinski definition) is 1. The van der Waals surface area contributed by atoms with Gasteiger partial charge >= 0.3 is 0 Å². The highest BCUT2D eigenvalue weighted by Crippen LogP contribution is 2.27. The summed E-state index contributed by atoms with van der Waals surface area (Å²) in [5, 5.41) is 0. The molecule has 0 aliphatic carbocycles. The van der Waals surface area contributed by atoms with E-state index in [9.17, 15) is 8.78 Å². The van der Waals surface area contributed by atoms with Gasteiger partial charge in [-0.3, -0.25) is 0 Å². The Morgan fingerprint density at radius 1 is 1.11 bits per heavy atom. The second-order valence-electron chi connectivity index (χ2n) is 4.03. The first-order valence-electron chi connectivity index (χ1n) is 5.59. The normalized spacial score (nSPS) is 10.4. The van der Waals surface area contributed by atoms with Crippen LogP contribution < -0.4 is 10.6 Å². The average molecular weight is 248 g/mol. The van der Waals surface area contributed by atoms with E-state index in [2.05, 4.69) is 0 Å². The summed E-state index contributed by atoms with van der Waals surface area (Å²) < 4.78 is 26.5. The molecule has 0 spiro atoms. The quantitative estimate of drug-likeness (QED) is 0.903. The monoisotopic (exact) mass is 248 g/mol. The Kier molecular flexibility index (Phi) is 3.58. The maximum absolute atomic E-state index is 13.7.